The number of unbranched alkanes of at least 4 members (excludes halogenated alkanes) is 2. The zero-order chi connectivity index (χ0) is 15.1. The van der Waals surface area contributed by atoms with E-state index >= 15 is 0 Å². The Balaban J connectivity index is 2.85. The van der Waals surface area contributed by atoms with Crippen molar-refractivity contribution in [3.05, 3.63) is 29.6 Å². The van der Waals surface area contributed by atoms with E-state index in [0.717, 1.165) is 18.5 Å². The van der Waals surface area contributed by atoms with Gasteiger partial charge in [-0.05, 0) is 51.3 Å². The van der Waals surface area contributed by atoms with E-state index in [4.69, 9.17) is 5.73 Å². The fraction of sp³-hybridized carbons (Fsp3) is 0.647. The van der Waals surface area contributed by atoms with Crippen LogP contribution in [-0.4, -0.2) is 18.6 Å². The molecule has 2 N–H and O–H groups in total. The minimum Gasteiger partial charge on any atom is -0.367 e. The molecule has 114 valence electrons. The van der Waals surface area contributed by atoms with Crippen molar-refractivity contribution in [1.29, 1.82) is 0 Å². The lowest BCUT2D eigenvalue weighted by Crippen LogP contribution is -2.32. The van der Waals surface area contributed by atoms with Crippen LogP contribution in [0.5, 0.6) is 0 Å². The number of benzene rings is 1. The Labute approximate surface area is 123 Å². The van der Waals surface area contributed by atoms with Gasteiger partial charge in [-0.1, -0.05) is 25.8 Å². The Morgan fingerprint density at radius 2 is 1.90 bits per heavy atom. The summed E-state index contributed by atoms with van der Waals surface area (Å²) >= 11 is 0. The van der Waals surface area contributed by atoms with Crippen LogP contribution in [-0.2, 0) is 6.42 Å². The van der Waals surface area contributed by atoms with E-state index in [0.29, 0.717) is 18.2 Å². The normalized spacial score (nSPS) is 12.8. The monoisotopic (exact) mass is 280 g/mol. The summed E-state index contributed by atoms with van der Waals surface area (Å²) in [5.41, 5.74) is 7.45. The SMILES string of the molecule is CCCCCN(c1ccc(CC(C)N)cc1F)C(C)C. The number of anilines is 1. The van der Waals surface area contributed by atoms with Crippen LogP contribution in [0.1, 0.15) is 52.5 Å². The van der Waals surface area contributed by atoms with Crippen LogP contribution in [0.2, 0.25) is 0 Å². The fourth-order valence-electron chi connectivity index (χ4n) is 2.47. The van der Waals surface area contributed by atoms with Gasteiger partial charge in [0.15, 0.2) is 0 Å². The topological polar surface area (TPSA) is 29.3 Å². The maximum Gasteiger partial charge on any atom is 0.146 e. The largest absolute Gasteiger partial charge is 0.367 e. The predicted octanol–water partition coefficient (Wildman–Crippen LogP) is 4.12. The Kier molecular flexibility index (Phi) is 7.00. The zero-order valence-corrected chi connectivity index (χ0v) is 13.3. The highest BCUT2D eigenvalue weighted by Crippen LogP contribution is 2.23. The second-order valence-electron chi connectivity index (χ2n) is 5.96. The van der Waals surface area contributed by atoms with Crippen LogP contribution in [0.25, 0.3) is 0 Å². The Morgan fingerprint density at radius 3 is 2.40 bits per heavy atom. The van der Waals surface area contributed by atoms with Gasteiger partial charge in [-0.2, -0.15) is 0 Å². The van der Waals surface area contributed by atoms with E-state index in [-0.39, 0.29) is 11.9 Å². The molecular weight excluding hydrogens is 251 g/mol. The fourth-order valence-corrected chi connectivity index (χ4v) is 2.47. The van der Waals surface area contributed by atoms with E-state index < -0.39 is 0 Å². The third kappa shape index (κ3) is 5.12. The van der Waals surface area contributed by atoms with Crippen molar-refractivity contribution in [2.45, 2.75) is 65.5 Å². The quantitative estimate of drug-likeness (QED) is 0.726. The molecule has 2 nitrogen and oxygen atoms in total. The number of hydrogen-bond donors (Lipinski definition) is 1. The second kappa shape index (κ2) is 8.25. The second-order valence-corrected chi connectivity index (χ2v) is 5.96. The first-order valence-corrected chi connectivity index (χ1v) is 7.76. The summed E-state index contributed by atoms with van der Waals surface area (Å²) in [5.74, 6) is -0.131. The van der Waals surface area contributed by atoms with Crippen molar-refractivity contribution in [2.75, 3.05) is 11.4 Å². The average Bonchev–Trinajstić information content (AvgIpc) is 2.35. The van der Waals surface area contributed by atoms with Crippen LogP contribution >= 0.6 is 0 Å². The minimum atomic E-state index is -0.131. The lowest BCUT2D eigenvalue weighted by Gasteiger charge is -2.29. The molecule has 1 rings (SSSR count). The first-order chi connectivity index (χ1) is 9.45. The predicted molar refractivity (Wildman–Crippen MR) is 85.8 cm³/mol. The molecule has 0 aliphatic carbocycles. The Hall–Kier alpha value is -1.09. The molecule has 0 fully saturated rings. The summed E-state index contributed by atoms with van der Waals surface area (Å²) < 4.78 is 14.3. The molecule has 0 aliphatic heterocycles. The third-order valence-corrected chi connectivity index (χ3v) is 3.51. The van der Waals surface area contributed by atoms with E-state index in [9.17, 15) is 4.39 Å². The lowest BCUT2D eigenvalue weighted by molar-refractivity contribution is 0.581. The first-order valence-electron chi connectivity index (χ1n) is 7.76. The number of rotatable bonds is 8. The van der Waals surface area contributed by atoms with Gasteiger partial charge in [0.05, 0.1) is 5.69 Å². The smallest absolute Gasteiger partial charge is 0.146 e. The van der Waals surface area contributed by atoms with Crippen molar-refractivity contribution in [1.82, 2.24) is 0 Å². The van der Waals surface area contributed by atoms with Gasteiger partial charge in [0.2, 0.25) is 0 Å². The number of nitrogens with zero attached hydrogens (tertiary/aromatic N) is 1. The molecule has 0 saturated heterocycles. The average molecular weight is 280 g/mol. The summed E-state index contributed by atoms with van der Waals surface area (Å²) in [6, 6.07) is 5.90. The van der Waals surface area contributed by atoms with Gasteiger partial charge in [0, 0.05) is 18.6 Å². The van der Waals surface area contributed by atoms with Crippen LogP contribution in [0, 0.1) is 5.82 Å². The highest BCUT2D eigenvalue weighted by molar-refractivity contribution is 5.50. The van der Waals surface area contributed by atoms with Gasteiger partial charge in [-0.3, -0.25) is 0 Å². The van der Waals surface area contributed by atoms with E-state index in [1.165, 1.54) is 12.8 Å². The summed E-state index contributed by atoms with van der Waals surface area (Å²) in [5, 5.41) is 0. The van der Waals surface area contributed by atoms with Gasteiger partial charge in [-0.25, -0.2) is 4.39 Å². The molecule has 3 heteroatoms. The molecule has 0 heterocycles. The highest BCUT2D eigenvalue weighted by atomic mass is 19.1. The number of halogens is 1. The third-order valence-electron chi connectivity index (χ3n) is 3.51. The highest BCUT2D eigenvalue weighted by Gasteiger charge is 2.15. The van der Waals surface area contributed by atoms with Crippen molar-refractivity contribution in [2.24, 2.45) is 5.73 Å². The molecule has 1 atom stereocenters. The summed E-state index contributed by atoms with van der Waals surface area (Å²) in [7, 11) is 0. The summed E-state index contributed by atoms with van der Waals surface area (Å²) in [4.78, 5) is 2.15. The Bertz CT molecular complexity index is 402. The molecule has 0 saturated carbocycles. The zero-order valence-electron chi connectivity index (χ0n) is 13.3. The van der Waals surface area contributed by atoms with Gasteiger partial charge >= 0.3 is 0 Å². The number of nitrogens with two attached hydrogens (primary N) is 1. The van der Waals surface area contributed by atoms with Crippen LogP contribution in [0.4, 0.5) is 10.1 Å². The van der Waals surface area contributed by atoms with E-state index in [2.05, 4.69) is 25.7 Å². The number of hydrogen-bond acceptors (Lipinski definition) is 2. The molecule has 0 aromatic heterocycles. The van der Waals surface area contributed by atoms with Gasteiger partial charge < -0.3 is 10.6 Å². The van der Waals surface area contributed by atoms with Crippen molar-refractivity contribution < 1.29 is 4.39 Å². The molecule has 0 bridgehead atoms. The minimum absolute atomic E-state index is 0.0611. The van der Waals surface area contributed by atoms with Gasteiger partial charge in [0.25, 0.3) is 0 Å². The van der Waals surface area contributed by atoms with E-state index in [1.54, 1.807) is 6.07 Å². The lowest BCUT2D eigenvalue weighted by atomic mass is 10.1. The van der Waals surface area contributed by atoms with Crippen molar-refractivity contribution >= 4 is 5.69 Å². The van der Waals surface area contributed by atoms with Crippen molar-refractivity contribution in [3.63, 3.8) is 0 Å². The maximum atomic E-state index is 14.3. The van der Waals surface area contributed by atoms with Crippen LogP contribution < -0.4 is 10.6 Å². The van der Waals surface area contributed by atoms with Gasteiger partial charge in [0.1, 0.15) is 5.82 Å². The molecule has 1 aromatic carbocycles. The van der Waals surface area contributed by atoms with Crippen LogP contribution in [0.3, 0.4) is 0 Å². The molecular formula is C17H29FN2. The van der Waals surface area contributed by atoms with Gasteiger partial charge in [-0.15, -0.1) is 0 Å². The molecule has 0 spiro atoms. The summed E-state index contributed by atoms with van der Waals surface area (Å²) in [6.07, 6.45) is 4.19. The van der Waals surface area contributed by atoms with Crippen LogP contribution in [0.15, 0.2) is 18.2 Å². The molecule has 20 heavy (non-hydrogen) atoms. The molecule has 0 amide bonds. The molecule has 1 unspecified atom stereocenters. The Morgan fingerprint density at radius 1 is 1.20 bits per heavy atom. The molecule has 0 aliphatic rings. The van der Waals surface area contributed by atoms with E-state index in [1.807, 2.05) is 19.1 Å². The maximum absolute atomic E-state index is 14.3. The summed E-state index contributed by atoms with van der Waals surface area (Å²) in [6.45, 7) is 9.26. The van der Waals surface area contributed by atoms with Crippen molar-refractivity contribution in [3.8, 4) is 0 Å². The molecule has 1 aromatic rings. The standard InChI is InChI=1S/C17H29FN2/c1-5-6-7-10-20(13(2)3)17-9-8-15(11-14(4)19)12-16(17)18/h8-9,12-14H,5-7,10-11,19H2,1-4H3. The first kappa shape index (κ1) is 17.0. The molecule has 0 radical (unpaired) electrons.